The molecule has 4 heteroatoms. The lowest BCUT2D eigenvalue weighted by molar-refractivity contribution is 0.0340. The summed E-state index contributed by atoms with van der Waals surface area (Å²) < 4.78 is 5.73. The first-order valence-electron chi connectivity index (χ1n) is 6.38. The van der Waals surface area contributed by atoms with E-state index < -0.39 is 0 Å². The fourth-order valence-corrected chi connectivity index (χ4v) is 2.99. The zero-order chi connectivity index (χ0) is 13.1. The molecule has 1 aromatic carbocycles. The van der Waals surface area contributed by atoms with Crippen molar-refractivity contribution in [3.63, 3.8) is 0 Å². The normalized spacial score (nSPS) is 19.9. The Morgan fingerprint density at radius 3 is 2.83 bits per heavy atom. The molecule has 0 spiro atoms. The highest BCUT2D eigenvalue weighted by Crippen LogP contribution is 2.30. The van der Waals surface area contributed by atoms with Gasteiger partial charge in [-0.15, -0.1) is 0 Å². The molecule has 3 nitrogen and oxygen atoms in total. The van der Waals surface area contributed by atoms with Crippen LogP contribution in [-0.4, -0.2) is 39.4 Å². The largest absolute Gasteiger partial charge is 0.374 e. The first kappa shape index (κ1) is 13.7. The predicted octanol–water partition coefficient (Wildman–Crippen LogP) is 2.38. The van der Waals surface area contributed by atoms with E-state index in [4.69, 9.17) is 16.3 Å². The number of aryl methyl sites for hydroxylation is 2. The molecular formula is C14H21ClN2O. The summed E-state index contributed by atoms with van der Waals surface area (Å²) in [7, 11) is 2.07. The van der Waals surface area contributed by atoms with Crippen LogP contribution in [0.2, 0.25) is 5.02 Å². The number of likely N-dealkylation sites (N-methyl/N-ethyl adjacent to an activating group) is 1. The lowest BCUT2D eigenvalue weighted by Crippen LogP contribution is -2.44. The third-order valence-corrected chi connectivity index (χ3v) is 3.55. The molecule has 1 fully saturated rings. The zero-order valence-electron chi connectivity index (χ0n) is 11.3. The highest BCUT2D eigenvalue weighted by atomic mass is 35.5. The van der Waals surface area contributed by atoms with E-state index in [1.807, 2.05) is 6.07 Å². The lowest BCUT2D eigenvalue weighted by Gasteiger charge is -2.30. The van der Waals surface area contributed by atoms with Crippen molar-refractivity contribution in [1.29, 1.82) is 0 Å². The summed E-state index contributed by atoms with van der Waals surface area (Å²) in [5, 5.41) is 4.16. The van der Waals surface area contributed by atoms with E-state index in [2.05, 4.69) is 37.2 Å². The molecule has 18 heavy (non-hydrogen) atoms. The van der Waals surface area contributed by atoms with Crippen molar-refractivity contribution in [1.82, 2.24) is 5.32 Å². The van der Waals surface area contributed by atoms with E-state index >= 15 is 0 Å². The molecule has 0 saturated carbocycles. The van der Waals surface area contributed by atoms with Gasteiger partial charge in [-0.25, -0.2) is 0 Å². The minimum absolute atomic E-state index is 0.237. The number of hydrogen-bond acceptors (Lipinski definition) is 3. The molecule has 0 radical (unpaired) electrons. The molecule has 1 heterocycles. The number of nitrogens with one attached hydrogen (secondary N) is 1. The maximum Gasteiger partial charge on any atom is 0.0874 e. The monoisotopic (exact) mass is 268 g/mol. The van der Waals surface area contributed by atoms with Crippen molar-refractivity contribution < 1.29 is 4.74 Å². The fraction of sp³-hybridized carbons (Fsp3) is 0.571. The van der Waals surface area contributed by atoms with Gasteiger partial charge < -0.3 is 15.0 Å². The van der Waals surface area contributed by atoms with Gasteiger partial charge in [0, 0.05) is 26.7 Å². The summed E-state index contributed by atoms with van der Waals surface area (Å²) in [5.41, 5.74) is 3.52. The van der Waals surface area contributed by atoms with Crippen LogP contribution < -0.4 is 10.2 Å². The maximum atomic E-state index is 6.35. The summed E-state index contributed by atoms with van der Waals surface area (Å²) >= 11 is 6.35. The standard InChI is InChI=1S/C14H21ClN2O/c1-10-6-11(2)14(13(15)7-10)17(3)9-12-8-16-4-5-18-12/h6-7,12,16H,4-5,8-9H2,1-3H3. The zero-order valence-corrected chi connectivity index (χ0v) is 12.0. The average molecular weight is 269 g/mol. The smallest absolute Gasteiger partial charge is 0.0874 e. The third kappa shape index (κ3) is 3.16. The molecule has 0 aromatic heterocycles. The van der Waals surface area contributed by atoms with Gasteiger partial charge in [-0.05, 0) is 31.0 Å². The molecule has 1 atom stereocenters. The van der Waals surface area contributed by atoms with Crippen LogP contribution in [0.5, 0.6) is 0 Å². The van der Waals surface area contributed by atoms with Crippen molar-refractivity contribution in [2.24, 2.45) is 0 Å². The Kier molecular flexibility index (Phi) is 4.49. The first-order valence-corrected chi connectivity index (χ1v) is 6.76. The summed E-state index contributed by atoms with van der Waals surface area (Å²) in [6, 6.07) is 4.18. The van der Waals surface area contributed by atoms with Crippen molar-refractivity contribution in [3.8, 4) is 0 Å². The van der Waals surface area contributed by atoms with Crippen LogP contribution >= 0.6 is 11.6 Å². The summed E-state index contributed by atoms with van der Waals surface area (Å²) in [4.78, 5) is 2.19. The molecule has 1 unspecified atom stereocenters. The minimum Gasteiger partial charge on any atom is -0.374 e. The van der Waals surface area contributed by atoms with Crippen LogP contribution in [0.1, 0.15) is 11.1 Å². The third-order valence-electron chi connectivity index (χ3n) is 3.26. The Labute approximate surface area is 114 Å². The lowest BCUT2D eigenvalue weighted by atomic mass is 10.1. The van der Waals surface area contributed by atoms with E-state index in [9.17, 15) is 0 Å². The first-order chi connectivity index (χ1) is 8.58. The average Bonchev–Trinajstić information content (AvgIpc) is 2.28. The second-order valence-electron chi connectivity index (χ2n) is 4.99. The number of halogens is 1. The topological polar surface area (TPSA) is 24.5 Å². The Morgan fingerprint density at radius 1 is 1.44 bits per heavy atom. The van der Waals surface area contributed by atoms with E-state index in [1.54, 1.807) is 0 Å². The van der Waals surface area contributed by atoms with E-state index in [0.29, 0.717) is 0 Å². The van der Waals surface area contributed by atoms with Gasteiger partial charge in [0.05, 0.1) is 23.4 Å². The quantitative estimate of drug-likeness (QED) is 0.911. The molecule has 0 bridgehead atoms. The molecule has 2 rings (SSSR count). The number of morpholine rings is 1. The molecule has 0 amide bonds. The van der Waals surface area contributed by atoms with E-state index in [0.717, 1.165) is 37.0 Å². The molecule has 1 N–H and O–H groups in total. The van der Waals surface area contributed by atoms with Gasteiger partial charge >= 0.3 is 0 Å². The Bertz CT molecular complexity index is 393. The number of rotatable bonds is 3. The van der Waals surface area contributed by atoms with Gasteiger partial charge in [-0.1, -0.05) is 17.7 Å². The van der Waals surface area contributed by atoms with Gasteiger partial charge in [0.1, 0.15) is 0 Å². The number of hydrogen-bond donors (Lipinski definition) is 1. The molecular weight excluding hydrogens is 248 g/mol. The Hall–Kier alpha value is -0.770. The summed E-state index contributed by atoms with van der Waals surface area (Å²) in [6.07, 6.45) is 0.237. The fourth-order valence-electron chi connectivity index (χ4n) is 2.53. The molecule has 1 saturated heterocycles. The summed E-state index contributed by atoms with van der Waals surface area (Å²) in [5.74, 6) is 0. The molecule has 100 valence electrons. The van der Waals surface area contributed by atoms with Crippen molar-refractivity contribution >= 4 is 17.3 Å². The predicted molar refractivity (Wildman–Crippen MR) is 76.8 cm³/mol. The molecule has 1 aliphatic rings. The van der Waals surface area contributed by atoms with Gasteiger partial charge in [0.25, 0.3) is 0 Å². The van der Waals surface area contributed by atoms with Crippen LogP contribution in [0.4, 0.5) is 5.69 Å². The summed E-state index contributed by atoms with van der Waals surface area (Å²) in [6.45, 7) is 7.68. The Balaban J connectivity index is 2.10. The molecule has 1 aromatic rings. The Morgan fingerprint density at radius 2 is 2.22 bits per heavy atom. The van der Waals surface area contributed by atoms with Crippen molar-refractivity contribution in [2.75, 3.05) is 38.2 Å². The van der Waals surface area contributed by atoms with Crippen molar-refractivity contribution in [3.05, 3.63) is 28.3 Å². The number of anilines is 1. The van der Waals surface area contributed by atoms with Crippen LogP contribution in [0.3, 0.4) is 0 Å². The molecule has 1 aliphatic heterocycles. The number of ether oxygens (including phenoxy) is 1. The van der Waals surface area contributed by atoms with Gasteiger partial charge in [-0.3, -0.25) is 0 Å². The second kappa shape index (κ2) is 5.91. The van der Waals surface area contributed by atoms with Gasteiger partial charge in [0.2, 0.25) is 0 Å². The van der Waals surface area contributed by atoms with Crippen molar-refractivity contribution in [2.45, 2.75) is 20.0 Å². The number of nitrogens with zero attached hydrogens (tertiary/aromatic N) is 1. The SMILES string of the molecule is Cc1cc(C)c(N(C)CC2CNCCO2)c(Cl)c1. The van der Waals surface area contributed by atoms with Crippen LogP contribution in [0.25, 0.3) is 0 Å². The second-order valence-corrected chi connectivity index (χ2v) is 5.40. The van der Waals surface area contributed by atoms with Gasteiger partial charge in [0.15, 0.2) is 0 Å². The van der Waals surface area contributed by atoms with Gasteiger partial charge in [-0.2, -0.15) is 0 Å². The van der Waals surface area contributed by atoms with Crippen LogP contribution in [0, 0.1) is 13.8 Å². The van der Waals surface area contributed by atoms with Crippen LogP contribution in [0.15, 0.2) is 12.1 Å². The molecule has 0 aliphatic carbocycles. The number of benzene rings is 1. The van der Waals surface area contributed by atoms with Crippen LogP contribution in [-0.2, 0) is 4.74 Å². The maximum absolute atomic E-state index is 6.35. The van der Waals surface area contributed by atoms with E-state index in [1.165, 1.54) is 11.1 Å². The highest BCUT2D eigenvalue weighted by molar-refractivity contribution is 6.33. The van der Waals surface area contributed by atoms with E-state index in [-0.39, 0.29) is 6.10 Å². The highest BCUT2D eigenvalue weighted by Gasteiger charge is 2.18. The minimum atomic E-state index is 0.237.